The number of hydrogen-bond acceptors (Lipinski definition) is 2. The molecule has 0 heterocycles. The molecule has 0 saturated heterocycles. The molecule has 2 nitrogen and oxygen atoms in total. The van der Waals surface area contributed by atoms with Crippen molar-refractivity contribution in [1.29, 1.82) is 0 Å². The standard InChI is InChI=1S/C15H32N2/c1-4-17(3)13-14(2)16-12-15-10-8-6-5-7-9-11-15/h14-16H,4-13H2,1-3H3. The molecule has 1 saturated carbocycles. The Labute approximate surface area is 108 Å². The first-order valence-corrected chi connectivity index (χ1v) is 7.64. The van der Waals surface area contributed by atoms with Crippen LogP contribution in [-0.2, 0) is 0 Å². The minimum Gasteiger partial charge on any atom is -0.313 e. The lowest BCUT2D eigenvalue weighted by atomic mass is 9.91. The summed E-state index contributed by atoms with van der Waals surface area (Å²) < 4.78 is 0. The third-order valence-corrected chi connectivity index (χ3v) is 4.11. The summed E-state index contributed by atoms with van der Waals surface area (Å²) in [7, 11) is 2.20. The summed E-state index contributed by atoms with van der Waals surface area (Å²) in [6.45, 7) is 8.09. The molecule has 17 heavy (non-hydrogen) atoms. The van der Waals surface area contributed by atoms with Crippen molar-refractivity contribution in [2.24, 2.45) is 5.92 Å². The lowest BCUT2D eigenvalue weighted by Gasteiger charge is -2.25. The van der Waals surface area contributed by atoms with Gasteiger partial charge in [-0.05, 0) is 45.8 Å². The van der Waals surface area contributed by atoms with Gasteiger partial charge in [-0.3, -0.25) is 0 Å². The van der Waals surface area contributed by atoms with Crippen molar-refractivity contribution in [1.82, 2.24) is 10.2 Å². The summed E-state index contributed by atoms with van der Waals surface area (Å²) in [6.07, 6.45) is 10.2. The topological polar surface area (TPSA) is 15.3 Å². The number of rotatable bonds is 6. The number of nitrogens with zero attached hydrogens (tertiary/aromatic N) is 1. The largest absolute Gasteiger partial charge is 0.313 e. The van der Waals surface area contributed by atoms with Crippen LogP contribution in [0.25, 0.3) is 0 Å². The highest BCUT2D eigenvalue weighted by Crippen LogP contribution is 2.21. The van der Waals surface area contributed by atoms with Gasteiger partial charge in [-0.2, -0.15) is 0 Å². The molecule has 1 rings (SSSR count). The summed E-state index contributed by atoms with van der Waals surface area (Å²) in [5.74, 6) is 0.935. The van der Waals surface area contributed by atoms with E-state index in [9.17, 15) is 0 Å². The first-order chi connectivity index (χ1) is 8.22. The summed E-state index contributed by atoms with van der Waals surface area (Å²) in [4.78, 5) is 2.38. The molecule has 1 N–H and O–H groups in total. The molecular formula is C15H32N2. The Balaban J connectivity index is 2.14. The fourth-order valence-corrected chi connectivity index (χ4v) is 2.77. The Hall–Kier alpha value is -0.0800. The molecule has 0 aromatic carbocycles. The summed E-state index contributed by atoms with van der Waals surface area (Å²) in [5, 5.41) is 3.72. The molecule has 0 bridgehead atoms. The minimum absolute atomic E-state index is 0.630. The van der Waals surface area contributed by atoms with E-state index in [1.165, 1.54) is 58.0 Å². The highest BCUT2D eigenvalue weighted by atomic mass is 15.1. The van der Waals surface area contributed by atoms with Gasteiger partial charge in [-0.25, -0.2) is 0 Å². The van der Waals surface area contributed by atoms with Crippen LogP contribution in [0.3, 0.4) is 0 Å². The van der Waals surface area contributed by atoms with Gasteiger partial charge in [-0.15, -0.1) is 0 Å². The molecule has 0 amide bonds. The van der Waals surface area contributed by atoms with Crippen molar-refractivity contribution in [3.63, 3.8) is 0 Å². The van der Waals surface area contributed by atoms with E-state index in [0.29, 0.717) is 6.04 Å². The SMILES string of the molecule is CCN(C)CC(C)NCC1CCCCCCC1. The molecule has 1 fully saturated rings. The molecular weight excluding hydrogens is 208 g/mol. The van der Waals surface area contributed by atoms with Gasteiger partial charge in [0.15, 0.2) is 0 Å². The van der Waals surface area contributed by atoms with E-state index >= 15 is 0 Å². The lowest BCUT2D eigenvalue weighted by Crippen LogP contribution is -2.39. The van der Waals surface area contributed by atoms with Crippen LogP contribution in [0.4, 0.5) is 0 Å². The first-order valence-electron chi connectivity index (χ1n) is 7.64. The second-order valence-electron chi connectivity index (χ2n) is 5.88. The third kappa shape index (κ3) is 7.05. The fraction of sp³-hybridized carbons (Fsp3) is 1.00. The van der Waals surface area contributed by atoms with Crippen LogP contribution in [0.2, 0.25) is 0 Å². The van der Waals surface area contributed by atoms with Gasteiger partial charge in [0.1, 0.15) is 0 Å². The molecule has 0 radical (unpaired) electrons. The molecule has 0 aromatic rings. The van der Waals surface area contributed by atoms with E-state index in [1.807, 2.05) is 0 Å². The molecule has 0 aromatic heterocycles. The molecule has 1 aliphatic carbocycles. The van der Waals surface area contributed by atoms with Gasteiger partial charge in [0, 0.05) is 12.6 Å². The molecule has 0 spiro atoms. The van der Waals surface area contributed by atoms with Crippen LogP contribution in [0.1, 0.15) is 58.8 Å². The van der Waals surface area contributed by atoms with Crippen LogP contribution < -0.4 is 5.32 Å². The second-order valence-corrected chi connectivity index (χ2v) is 5.88. The Morgan fingerprint density at radius 1 is 1.12 bits per heavy atom. The van der Waals surface area contributed by atoms with Crippen molar-refractivity contribution >= 4 is 0 Å². The van der Waals surface area contributed by atoms with Crippen molar-refractivity contribution in [3.05, 3.63) is 0 Å². The predicted molar refractivity (Wildman–Crippen MR) is 76.4 cm³/mol. The predicted octanol–water partition coefficient (Wildman–Crippen LogP) is 3.28. The molecule has 102 valence electrons. The van der Waals surface area contributed by atoms with E-state index in [1.54, 1.807) is 0 Å². The van der Waals surface area contributed by atoms with Crippen LogP contribution in [0.15, 0.2) is 0 Å². The van der Waals surface area contributed by atoms with Gasteiger partial charge in [-0.1, -0.05) is 39.0 Å². The monoisotopic (exact) mass is 240 g/mol. The maximum atomic E-state index is 3.72. The summed E-state index contributed by atoms with van der Waals surface area (Å²) in [5.41, 5.74) is 0. The highest BCUT2D eigenvalue weighted by molar-refractivity contribution is 4.70. The third-order valence-electron chi connectivity index (χ3n) is 4.11. The maximum Gasteiger partial charge on any atom is 0.0166 e. The van der Waals surface area contributed by atoms with Crippen molar-refractivity contribution < 1.29 is 0 Å². The number of hydrogen-bond donors (Lipinski definition) is 1. The van der Waals surface area contributed by atoms with E-state index in [0.717, 1.165) is 12.5 Å². The van der Waals surface area contributed by atoms with E-state index in [-0.39, 0.29) is 0 Å². The average Bonchev–Trinajstić information content (AvgIpc) is 2.27. The Morgan fingerprint density at radius 3 is 2.29 bits per heavy atom. The summed E-state index contributed by atoms with van der Waals surface area (Å²) in [6, 6.07) is 0.630. The maximum absolute atomic E-state index is 3.72. The fourth-order valence-electron chi connectivity index (χ4n) is 2.77. The minimum atomic E-state index is 0.630. The Kier molecular flexibility index (Phi) is 7.87. The van der Waals surface area contributed by atoms with Crippen LogP contribution in [0.5, 0.6) is 0 Å². The Bertz CT molecular complexity index is 174. The number of nitrogens with one attached hydrogen (secondary N) is 1. The molecule has 1 atom stereocenters. The molecule has 0 aliphatic heterocycles. The lowest BCUT2D eigenvalue weighted by molar-refractivity contribution is 0.289. The van der Waals surface area contributed by atoms with E-state index < -0.39 is 0 Å². The Morgan fingerprint density at radius 2 is 1.71 bits per heavy atom. The molecule has 2 heteroatoms. The van der Waals surface area contributed by atoms with Crippen LogP contribution in [0, 0.1) is 5.92 Å². The van der Waals surface area contributed by atoms with Gasteiger partial charge in [0.05, 0.1) is 0 Å². The first kappa shape index (κ1) is 15.0. The van der Waals surface area contributed by atoms with Gasteiger partial charge >= 0.3 is 0 Å². The van der Waals surface area contributed by atoms with Crippen molar-refractivity contribution in [3.8, 4) is 0 Å². The molecule has 1 unspecified atom stereocenters. The van der Waals surface area contributed by atoms with E-state index in [4.69, 9.17) is 0 Å². The van der Waals surface area contributed by atoms with Gasteiger partial charge in [0.2, 0.25) is 0 Å². The van der Waals surface area contributed by atoms with Gasteiger partial charge in [0.25, 0.3) is 0 Å². The van der Waals surface area contributed by atoms with Crippen molar-refractivity contribution in [2.75, 3.05) is 26.7 Å². The zero-order valence-electron chi connectivity index (χ0n) is 12.2. The van der Waals surface area contributed by atoms with E-state index in [2.05, 4.69) is 31.1 Å². The van der Waals surface area contributed by atoms with Crippen LogP contribution in [-0.4, -0.2) is 37.6 Å². The number of likely N-dealkylation sites (N-methyl/N-ethyl adjacent to an activating group) is 1. The normalized spacial score (nSPS) is 21.2. The quantitative estimate of drug-likeness (QED) is 0.766. The zero-order valence-corrected chi connectivity index (χ0v) is 12.2. The zero-order chi connectivity index (χ0) is 12.5. The van der Waals surface area contributed by atoms with Crippen molar-refractivity contribution in [2.45, 2.75) is 64.8 Å². The smallest absolute Gasteiger partial charge is 0.0166 e. The van der Waals surface area contributed by atoms with Crippen LogP contribution >= 0.6 is 0 Å². The highest BCUT2D eigenvalue weighted by Gasteiger charge is 2.12. The van der Waals surface area contributed by atoms with Gasteiger partial charge < -0.3 is 10.2 Å². The molecule has 1 aliphatic rings. The summed E-state index contributed by atoms with van der Waals surface area (Å²) >= 11 is 0. The second kappa shape index (κ2) is 8.93. The average molecular weight is 240 g/mol.